The Labute approximate surface area is 105 Å². The van der Waals surface area contributed by atoms with Crippen LogP contribution >= 0.6 is 0 Å². The Morgan fingerprint density at radius 3 is 2.47 bits per heavy atom. The average molecular weight is 238 g/mol. The lowest BCUT2D eigenvalue weighted by molar-refractivity contribution is -0.127. The number of carbonyl (C=O) groups is 1. The van der Waals surface area contributed by atoms with Gasteiger partial charge in [-0.3, -0.25) is 4.79 Å². The fourth-order valence-electron chi connectivity index (χ4n) is 4.44. The fraction of sp³-hybridized carbons (Fsp3) is 0.933. The van der Waals surface area contributed by atoms with Gasteiger partial charge in [-0.25, -0.2) is 0 Å². The highest BCUT2D eigenvalue weighted by Gasteiger charge is 2.53. The highest BCUT2D eigenvalue weighted by molar-refractivity contribution is 5.79. The number of hydrogen-bond donors (Lipinski definition) is 1. The van der Waals surface area contributed by atoms with Gasteiger partial charge in [0.25, 0.3) is 0 Å². The predicted octanol–water partition coefficient (Wildman–Crippen LogP) is 3.03. The zero-order valence-corrected chi connectivity index (χ0v) is 11.6. The maximum absolute atomic E-state index is 11.8. The molecule has 0 saturated heterocycles. The first-order valence-corrected chi connectivity index (χ1v) is 7.07. The zero-order valence-electron chi connectivity index (χ0n) is 11.6. The van der Waals surface area contributed by atoms with Crippen LogP contribution in [0.1, 0.15) is 53.4 Å². The smallest absolute Gasteiger partial charge is 0.133 e. The lowest BCUT2D eigenvalue weighted by Crippen LogP contribution is -2.47. The third-order valence-corrected chi connectivity index (χ3v) is 5.37. The normalized spacial score (nSPS) is 46.0. The molecule has 2 heteroatoms. The molecule has 0 aromatic rings. The Kier molecular flexibility index (Phi) is 3.37. The number of rotatable bonds is 2. The highest BCUT2D eigenvalue weighted by atomic mass is 16.3. The molecule has 0 bridgehead atoms. The lowest BCUT2D eigenvalue weighted by atomic mass is 9.61. The third-order valence-electron chi connectivity index (χ3n) is 5.37. The highest BCUT2D eigenvalue weighted by Crippen LogP contribution is 2.54. The van der Waals surface area contributed by atoms with Gasteiger partial charge in [-0.05, 0) is 63.2 Å². The van der Waals surface area contributed by atoms with Crippen molar-refractivity contribution in [2.45, 2.75) is 59.0 Å². The molecule has 0 unspecified atom stereocenters. The van der Waals surface area contributed by atoms with Crippen molar-refractivity contribution in [1.82, 2.24) is 0 Å². The Morgan fingerprint density at radius 2 is 1.94 bits per heavy atom. The molecule has 0 radical (unpaired) electrons. The molecule has 17 heavy (non-hydrogen) atoms. The van der Waals surface area contributed by atoms with Gasteiger partial charge in [0, 0.05) is 5.92 Å². The Hall–Kier alpha value is -0.370. The molecule has 0 spiro atoms. The van der Waals surface area contributed by atoms with E-state index in [-0.39, 0.29) is 5.92 Å². The van der Waals surface area contributed by atoms with Gasteiger partial charge in [-0.15, -0.1) is 0 Å². The number of carbonyl (C=O) groups excluding carboxylic acids is 1. The first-order chi connectivity index (χ1) is 7.84. The number of hydrogen-bond acceptors (Lipinski definition) is 2. The minimum Gasteiger partial charge on any atom is -0.390 e. The van der Waals surface area contributed by atoms with E-state index in [9.17, 15) is 9.90 Å². The molecule has 0 aromatic heterocycles. The predicted molar refractivity (Wildman–Crippen MR) is 68.6 cm³/mol. The van der Waals surface area contributed by atoms with Gasteiger partial charge >= 0.3 is 0 Å². The van der Waals surface area contributed by atoms with Crippen LogP contribution in [0.4, 0.5) is 0 Å². The van der Waals surface area contributed by atoms with Gasteiger partial charge in [0.1, 0.15) is 5.78 Å². The van der Waals surface area contributed by atoms with Gasteiger partial charge in [0.2, 0.25) is 0 Å². The summed E-state index contributed by atoms with van der Waals surface area (Å²) in [5.41, 5.74) is -0.541. The van der Waals surface area contributed by atoms with Crippen molar-refractivity contribution in [3.05, 3.63) is 0 Å². The van der Waals surface area contributed by atoms with Crippen LogP contribution in [0.25, 0.3) is 0 Å². The molecule has 0 aromatic carbocycles. The van der Waals surface area contributed by atoms with Crippen LogP contribution in [0.2, 0.25) is 0 Å². The van der Waals surface area contributed by atoms with Crippen LogP contribution in [-0.4, -0.2) is 16.5 Å². The Balaban J connectivity index is 2.28. The van der Waals surface area contributed by atoms with E-state index >= 15 is 0 Å². The van der Waals surface area contributed by atoms with Crippen LogP contribution in [0.5, 0.6) is 0 Å². The summed E-state index contributed by atoms with van der Waals surface area (Å²) in [6.45, 7) is 8.23. The quantitative estimate of drug-likeness (QED) is 0.803. The van der Waals surface area contributed by atoms with Crippen molar-refractivity contribution in [1.29, 1.82) is 0 Å². The first kappa shape index (κ1) is 13.1. The summed E-state index contributed by atoms with van der Waals surface area (Å²) in [5, 5.41) is 10.5. The fourth-order valence-corrected chi connectivity index (χ4v) is 4.44. The van der Waals surface area contributed by atoms with E-state index in [1.807, 2.05) is 6.92 Å². The molecule has 2 saturated carbocycles. The molecule has 1 N–H and O–H groups in total. The minimum absolute atomic E-state index is 0.208. The molecule has 0 heterocycles. The Morgan fingerprint density at radius 1 is 1.29 bits per heavy atom. The SMILES string of the molecule is CC(=O)[C@H]1CC[C@@H]2[C@@H]1[C@H](C(C)C)CC[C@]2(C)O. The molecule has 0 aliphatic heterocycles. The van der Waals surface area contributed by atoms with Crippen LogP contribution < -0.4 is 0 Å². The summed E-state index contributed by atoms with van der Waals surface area (Å²) < 4.78 is 0. The largest absolute Gasteiger partial charge is 0.390 e. The second kappa shape index (κ2) is 4.38. The third kappa shape index (κ3) is 2.16. The lowest BCUT2D eigenvalue weighted by Gasteiger charge is -2.46. The molecule has 2 nitrogen and oxygen atoms in total. The average Bonchev–Trinajstić information content (AvgIpc) is 2.62. The molecule has 98 valence electrons. The summed E-state index contributed by atoms with van der Waals surface area (Å²) in [4.78, 5) is 11.8. The Bertz CT molecular complexity index is 306. The molecular formula is C15H26O2. The van der Waals surface area contributed by atoms with E-state index in [0.29, 0.717) is 29.5 Å². The van der Waals surface area contributed by atoms with Crippen LogP contribution in [0.15, 0.2) is 0 Å². The first-order valence-electron chi connectivity index (χ1n) is 7.07. The molecule has 5 atom stereocenters. The van der Waals surface area contributed by atoms with Gasteiger partial charge < -0.3 is 5.11 Å². The van der Waals surface area contributed by atoms with Crippen LogP contribution in [-0.2, 0) is 4.79 Å². The monoisotopic (exact) mass is 238 g/mol. The molecule has 2 rings (SSSR count). The summed E-state index contributed by atoms with van der Waals surface area (Å²) in [5.74, 6) is 2.56. The molecule has 2 aliphatic carbocycles. The van der Waals surface area contributed by atoms with E-state index in [1.54, 1.807) is 6.92 Å². The molecule has 0 amide bonds. The van der Waals surface area contributed by atoms with Crippen molar-refractivity contribution in [3.8, 4) is 0 Å². The van der Waals surface area contributed by atoms with Crippen LogP contribution in [0.3, 0.4) is 0 Å². The van der Waals surface area contributed by atoms with Crippen molar-refractivity contribution < 1.29 is 9.90 Å². The van der Waals surface area contributed by atoms with Gasteiger partial charge in [0.15, 0.2) is 0 Å². The summed E-state index contributed by atoms with van der Waals surface area (Å²) >= 11 is 0. The van der Waals surface area contributed by atoms with E-state index < -0.39 is 5.60 Å². The number of ketones is 1. The minimum atomic E-state index is -0.541. The maximum Gasteiger partial charge on any atom is 0.133 e. The van der Waals surface area contributed by atoms with E-state index in [4.69, 9.17) is 0 Å². The van der Waals surface area contributed by atoms with Crippen molar-refractivity contribution in [2.24, 2.45) is 29.6 Å². The second-order valence-electron chi connectivity index (χ2n) is 6.78. The number of aliphatic hydroxyl groups is 1. The van der Waals surface area contributed by atoms with Crippen molar-refractivity contribution >= 4 is 5.78 Å². The number of Topliss-reactive ketones (excluding diaryl/α,β-unsaturated/α-hetero) is 1. The molecular weight excluding hydrogens is 212 g/mol. The van der Waals surface area contributed by atoms with Crippen molar-refractivity contribution in [3.63, 3.8) is 0 Å². The van der Waals surface area contributed by atoms with Crippen molar-refractivity contribution in [2.75, 3.05) is 0 Å². The molecule has 2 fully saturated rings. The topological polar surface area (TPSA) is 37.3 Å². The summed E-state index contributed by atoms with van der Waals surface area (Å²) in [7, 11) is 0. The summed E-state index contributed by atoms with van der Waals surface area (Å²) in [6.07, 6.45) is 4.01. The standard InChI is InChI=1S/C15H26O2/c1-9(2)11-7-8-15(4,17)13-6-5-12(10(3)16)14(11)13/h9,11-14,17H,5-8H2,1-4H3/t11-,12+,13+,14+,15-/m0/s1. The second-order valence-corrected chi connectivity index (χ2v) is 6.78. The van der Waals surface area contributed by atoms with Gasteiger partial charge in [-0.1, -0.05) is 13.8 Å². The van der Waals surface area contributed by atoms with E-state index in [1.165, 1.54) is 0 Å². The molecule has 2 aliphatic rings. The van der Waals surface area contributed by atoms with Gasteiger partial charge in [0.05, 0.1) is 5.60 Å². The number of fused-ring (bicyclic) bond motifs is 1. The maximum atomic E-state index is 11.8. The summed E-state index contributed by atoms with van der Waals surface area (Å²) in [6, 6.07) is 0. The van der Waals surface area contributed by atoms with E-state index in [2.05, 4.69) is 13.8 Å². The zero-order chi connectivity index (χ0) is 12.8. The van der Waals surface area contributed by atoms with E-state index in [0.717, 1.165) is 25.7 Å². The van der Waals surface area contributed by atoms with Gasteiger partial charge in [-0.2, -0.15) is 0 Å². The van der Waals surface area contributed by atoms with Crippen LogP contribution in [0, 0.1) is 29.6 Å².